The molecule has 0 N–H and O–H groups in total. The Labute approximate surface area is 182 Å². The zero-order valence-electron chi connectivity index (χ0n) is 17.2. The molecule has 1 fully saturated rings. The van der Waals surface area contributed by atoms with Gasteiger partial charge in [-0.25, -0.2) is 0 Å². The highest BCUT2D eigenvalue weighted by Gasteiger charge is 2.21. The van der Waals surface area contributed by atoms with Crippen molar-refractivity contribution in [2.75, 3.05) is 44.7 Å². The maximum absolute atomic E-state index is 13.1. The summed E-state index contributed by atoms with van der Waals surface area (Å²) in [5.41, 5.74) is 2.05. The number of carbonyl (C=O) groups is 1. The highest BCUT2D eigenvalue weighted by Crippen LogP contribution is 2.32. The van der Waals surface area contributed by atoms with Crippen LogP contribution in [-0.2, 0) is 0 Å². The molecule has 0 unspecified atom stereocenters. The number of anilines is 1. The lowest BCUT2D eigenvalue weighted by molar-refractivity contribution is 0.0923. The average molecular weight is 419 g/mol. The molecule has 1 aliphatic rings. The van der Waals surface area contributed by atoms with Crippen molar-refractivity contribution in [1.29, 1.82) is 0 Å². The van der Waals surface area contributed by atoms with E-state index < -0.39 is 0 Å². The van der Waals surface area contributed by atoms with Crippen LogP contribution in [0.3, 0.4) is 0 Å². The van der Waals surface area contributed by atoms with Crippen LogP contribution < -0.4 is 9.64 Å². The van der Waals surface area contributed by atoms with Crippen LogP contribution in [0.1, 0.15) is 10.4 Å². The molecule has 0 atom stereocenters. The second-order valence-electron chi connectivity index (χ2n) is 7.30. The van der Waals surface area contributed by atoms with E-state index in [2.05, 4.69) is 34.1 Å². The SMILES string of the molecule is COc1ccc(Sc2ccccc2C(=O)CN2CCN(c3ccccc3)CC2)cc1. The second-order valence-corrected chi connectivity index (χ2v) is 8.41. The summed E-state index contributed by atoms with van der Waals surface area (Å²) in [6.45, 7) is 4.14. The van der Waals surface area contributed by atoms with Gasteiger partial charge in [0.1, 0.15) is 5.75 Å². The molecule has 0 bridgehead atoms. The number of hydrogen-bond donors (Lipinski definition) is 0. The van der Waals surface area contributed by atoms with E-state index in [4.69, 9.17) is 4.74 Å². The van der Waals surface area contributed by atoms with Crippen molar-refractivity contribution in [2.45, 2.75) is 9.79 Å². The number of ketones is 1. The van der Waals surface area contributed by atoms with Crippen LogP contribution in [0.5, 0.6) is 5.75 Å². The molecule has 0 aliphatic carbocycles. The lowest BCUT2D eigenvalue weighted by atomic mass is 10.1. The number of piperazine rings is 1. The molecule has 4 nitrogen and oxygen atoms in total. The molecule has 0 radical (unpaired) electrons. The molecule has 3 aromatic carbocycles. The third-order valence-electron chi connectivity index (χ3n) is 5.34. The van der Waals surface area contributed by atoms with Gasteiger partial charge in [0.2, 0.25) is 0 Å². The summed E-state index contributed by atoms with van der Waals surface area (Å²) in [5, 5.41) is 0. The summed E-state index contributed by atoms with van der Waals surface area (Å²) in [6.07, 6.45) is 0. The van der Waals surface area contributed by atoms with Gasteiger partial charge in [0.25, 0.3) is 0 Å². The quantitative estimate of drug-likeness (QED) is 0.512. The fourth-order valence-corrected chi connectivity index (χ4v) is 4.61. The van der Waals surface area contributed by atoms with Crippen molar-refractivity contribution in [3.63, 3.8) is 0 Å². The first-order valence-electron chi connectivity index (χ1n) is 10.2. The van der Waals surface area contributed by atoms with E-state index in [-0.39, 0.29) is 5.78 Å². The predicted molar refractivity (Wildman–Crippen MR) is 123 cm³/mol. The minimum absolute atomic E-state index is 0.180. The minimum atomic E-state index is 0.180. The maximum atomic E-state index is 13.1. The molecular formula is C25H26N2O2S. The highest BCUT2D eigenvalue weighted by molar-refractivity contribution is 7.99. The number of nitrogens with zero attached hydrogens (tertiary/aromatic N) is 2. The summed E-state index contributed by atoms with van der Waals surface area (Å²) >= 11 is 1.62. The van der Waals surface area contributed by atoms with Crippen molar-refractivity contribution in [3.05, 3.63) is 84.4 Å². The van der Waals surface area contributed by atoms with Gasteiger partial charge < -0.3 is 9.64 Å². The molecule has 1 aliphatic heterocycles. The van der Waals surface area contributed by atoms with Crippen LogP contribution >= 0.6 is 11.8 Å². The molecule has 5 heteroatoms. The van der Waals surface area contributed by atoms with Gasteiger partial charge in [-0.2, -0.15) is 0 Å². The van der Waals surface area contributed by atoms with Crippen LogP contribution in [0.15, 0.2) is 88.7 Å². The maximum Gasteiger partial charge on any atom is 0.177 e. The van der Waals surface area contributed by atoms with E-state index in [1.165, 1.54) is 5.69 Å². The largest absolute Gasteiger partial charge is 0.497 e. The highest BCUT2D eigenvalue weighted by atomic mass is 32.2. The summed E-state index contributed by atoms with van der Waals surface area (Å²) in [6, 6.07) is 26.3. The van der Waals surface area contributed by atoms with E-state index in [0.29, 0.717) is 6.54 Å². The number of methoxy groups -OCH3 is 1. The first-order chi connectivity index (χ1) is 14.7. The van der Waals surface area contributed by atoms with E-state index in [0.717, 1.165) is 47.3 Å². The third kappa shape index (κ3) is 5.04. The van der Waals surface area contributed by atoms with Gasteiger partial charge in [-0.05, 0) is 42.5 Å². The predicted octanol–water partition coefficient (Wildman–Crippen LogP) is 4.85. The normalized spacial score (nSPS) is 14.5. The van der Waals surface area contributed by atoms with Crippen LogP contribution in [0.2, 0.25) is 0 Å². The number of benzene rings is 3. The molecule has 154 valence electrons. The monoisotopic (exact) mass is 418 g/mol. The minimum Gasteiger partial charge on any atom is -0.497 e. The Bertz CT molecular complexity index is 968. The molecule has 0 aromatic heterocycles. The van der Waals surface area contributed by atoms with Gasteiger partial charge in [0, 0.05) is 47.2 Å². The number of para-hydroxylation sites is 1. The van der Waals surface area contributed by atoms with Gasteiger partial charge in [0.05, 0.1) is 13.7 Å². The van der Waals surface area contributed by atoms with Crippen molar-refractivity contribution in [3.8, 4) is 5.75 Å². The molecule has 1 saturated heterocycles. The Morgan fingerprint density at radius 1 is 0.867 bits per heavy atom. The molecular weight excluding hydrogens is 392 g/mol. The first kappa shape index (κ1) is 20.5. The lowest BCUT2D eigenvalue weighted by Gasteiger charge is -2.35. The smallest absolute Gasteiger partial charge is 0.177 e. The van der Waals surface area contributed by atoms with Crippen molar-refractivity contribution < 1.29 is 9.53 Å². The number of carbonyl (C=O) groups excluding carboxylic acids is 1. The van der Waals surface area contributed by atoms with E-state index in [1.807, 2.05) is 54.6 Å². The first-order valence-corrected chi connectivity index (χ1v) is 11.0. The zero-order valence-corrected chi connectivity index (χ0v) is 18.0. The topological polar surface area (TPSA) is 32.8 Å². The number of Topliss-reactive ketones (excluding diaryl/α,β-unsaturated/α-hetero) is 1. The summed E-state index contributed by atoms with van der Waals surface area (Å²) in [7, 11) is 1.66. The summed E-state index contributed by atoms with van der Waals surface area (Å²) < 4.78 is 5.23. The van der Waals surface area contributed by atoms with Crippen LogP contribution in [-0.4, -0.2) is 50.5 Å². The Morgan fingerprint density at radius 3 is 2.23 bits per heavy atom. The fraction of sp³-hybridized carbons (Fsp3) is 0.240. The second kappa shape index (κ2) is 9.83. The van der Waals surface area contributed by atoms with Gasteiger partial charge in [-0.1, -0.05) is 48.2 Å². The van der Waals surface area contributed by atoms with Gasteiger partial charge in [-0.15, -0.1) is 0 Å². The Morgan fingerprint density at radius 2 is 1.53 bits per heavy atom. The number of ether oxygens (including phenoxy) is 1. The van der Waals surface area contributed by atoms with Crippen molar-refractivity contribution in [2.24, 2.45) is 0 Å². The lowest BCUT2D eigenvalue weighted by Crippen LogP contribution is -2.48. The zero-order chi connectivity index (χ0) is 20.8. The van der Waals surface area contributed by atoms with Gasteiger partial charge in [0.15, 0.2) is 5.78 Å². The molecule has 3 aromatic rings. The van der Waals surface area contributed by atoms with Crippen molar-refractivity contribution >= 4 is 23.2 Å². The molecule has 0 amide bonds. The van der Waals surface area contributed by atoms with Crippen LogP contribution in [0.4, 0.5) is 5.69 Å². The van der Waals surface area contributed by atoms with E-state index in [1.54, 1.807) is 18.9 Å². The molecule has 0 saturated carbocycles. The Balaban J connectivity index is 1.38. The standard InChI is InChI=1S/C25H26N2O2S/c1-29-21-11-13-22(14-12-21)30-25-10-6-5-9-23(25)24(28)19-26-15-17-27(18-16-26)20-7-3-2-4-8-20/h2-14H,15-19H2,1H3. The van der Waals surface area contributed by atoms with Crippen LogP contribution in [0.25, 0.3) is 0 Å². The van der Waals surface area contributed by atoms with E-state index >= 15 is 0 Å². The summed E-state index contributed by atoms with van der Waals surface area (Å²) in [5.74, 6) is 1.01. The number of hydrogen-bond acceptors (Lipinski definition) is 5. The van der Waals surface area contributed by atoms with Crippen LogP contribution in [0, 0.1) is 0 Å². The average Bonchev–Trinajstić information content (AvgIpc) is 2.81. The molecule has 1 heterocycles. The fourth-order valence-electron chi connectivity index (χ4n) is 3.65. The van der Waals surface area contributed by atoms with Gasteiger partial charge >= 0.3 is 0 Å². The molecule has 30 heavy (non-hydrogen) atoms. The van der Waals surface area contributed by atoms with Gasteiger partial charge in [-0.3, -0.25) is 9.69 Å². The van der Waals surface area contributed by atoms with Crippen molar-refractivity contribution in [1.82, 2.24) is 4.90 Å². The molecule has 4 rings (SSSR count). The third-order valence-corrected chi connectivity index (χ3v) is 6.42. The van der Waals surface area contributed by atoms with E-state index in [9.17, 15) is 4.79 Å². The number of rotatable bonds is 7. The molecule has 0 spiro atoms. The Kier molecular flexibility index (Phi) is 6.72. The summed E-state index contributed by atoms with van der Waals surface area (Å²) in [4.78, 5) is 19.8. The Hall–Kier alpha value is -2.76.